The minimum Gasteiger partial charge on any atom is -0.359 e. The lowest BCUT2D eigenvalue weighted by Gasteiger charge is -2.51. The number of hydrogen-bond donors (Lipinski definition) is 0. The molecule has 1 saturated carbocycles. The van der Waals surface area contributed by atoms with E-state index >= 15 is 0 Å². The van der Waals surface area contributed by atoms with E-state index in [4.69, 9.17) is 4.74 Å². The summed E-state index contributed by atoms with van der Waals surface area (Å²) in [6.07, 6.45) is 27.3. The summed E-state index contributed by atoms with van der Waals surface area (Å²) in [5.41, 5.74) is 8.35. The first-order valence-electron chi connectivity index (χ1n) is 13.1. The van der Waals surface area contributed by atoms with Gasteiger partial charge in [-0.1, -0.05) is 43.4 Å². The molecular weight excluding hydrogens is 416 g/mol. The van der Waals surface area contributed by atoms with E-state index in [1.807, 2.05) is 12.4 Å². The van der Waals surface area contributed by atoms with E-state index in [2.05, 4.69) is 80.3 Å². The van der Waals surface area contributed by atoms with E-state index < -0.39 is 0 Å². The van der Waals surface area contributed by atoms with Crippen molar-refractivity contribution < 1.29 is 4.74 Å². The van der Waals surface area contributed by atoms with E-state index in [-0.39, 0.29) is 16.6 Å². The highest BCUT2D eigenvalue weighted by atomic mass is 16.5. The van der Waals surface area contributed by atoms with Crippen molar-refractivity contribution in [3.05, 3.63) is 82.3 Å². The molecule has 5 aliphatic rings. The smallest absolute Gasteiger partial charge is 0.0950 e. The van der Waals surface area contributed by atoms with Crippen LogP contribution in [0.2, 0.25) is 0 Å². The maximum absolute atomic E-state index is 7.28. The Hall–Kier alpha value is -2.23. The average Bonchev–Trinajstić information content (AvgIpc) is 2.97. The molecule has 1 aromatic heterocycles. The Bertz CT molecular complexity index is 1170. The molecule has 3 nitrogen and oxygen atoms in total. The van der Waals surface area contributed by atoms with E-state index in [0.29, 0.717) is 6.04 Å². The van der Waals surface area contributed by atoms with E-state index in [0.717, 1.165) is 32.1 Å². The highest BCUT2D eigenvalue weighted by Gasteiger charge is 2.60. The minimum absolute atomic E-state index is 0.0327. The first kappa shape index (κ1) is 22.2. The van der Waals surface area contributed by atoms with Crippen molar-refractivity contribution in [3.8, 4) is 0 Å². The molecule has 2 spiro atoms. The van der Waals surface area contributed by atoms with Gasteiger partial charge >= 0.3 is 0 Å². The third-order valence-corrected chi connectivity index (χ3v) is 9.43. The van der Waals surface area contributed by atoms with Gasteiger partial charge in [0.2, 0.25) is 0 Å². The molecule has 0 radical (unpaired) electrons. The van der Waals surface area contributed by atoms with Crippen molar-refractivity contribution in [3.63, 3.8) is 0 Å². The Morgan fingerprint density at radius 1 is 1.18 bits per heavy atom. The van der Waals surface area contributed by atoms with Gasteiger partial charge in [-0.25, -0.2) is 0 Å². The molecule has 178 valence electrons. The molecule has 3 heteroatoms. The van der Waals surface area contributed by atoms with Gasteiger partial charge < -0.3 is 9.64 Å². The summed E-state index contributed by atoms with van der Waals surface area (Å²) < 4.78 is 7.28. The van der Waals surface area contributed by atoms with Gasteiger partial charge in [-0.2, -0.15) is 0 Å². The normalized spacial score (nSPS) is 36.7. The number of pyridine rings is 1. The van der Waals surface area contributed by atoms with Crippen LogP contribution in [-0.4, -0.2) is 41.2 Å². The fourth-order valence-corrected chi connectivity index (χ4v) is 7.60. The highest BCUT2D eigenvalue weighted by Crippen LogP contribution is 2.62. The summed E-state index contributed by atoms with van der Waals surface area (Å²) in [6.45, 7) is 4.68. The molecule has 2 fully saturated rings. The number of allylic oxidation sites excluding steroid dienone is 6. The van der Waals surface area contributed by atoms with Crippen molar-refractivity contribution in [1.29, 1.82) is 0 Å². The first-order chi connectivity index (χ1) is 16.4. The molecule has 2 bridgehead atoms. The van der Waals surface area contributed by atoms with Gasteiger partial charge in [0.05, 0.1) is 11.2 Å². The number of nitrogens with zero attached hydrogens (tertiary/aromatic N) is 2. The van der Waals surface area contributed by atoms with Crippen LogP contribution < -0.4 is 0 Å². The second kappa shape index (κ2) is 7.90. The van der Waals surface area contributed by atoms with Crippen LogP contribution in [-0.2, 0) is 11.2 Å². The maximum atomic E-state index is 7.28. The lowest BCUT2D eigenvalue weighted by Crippen LogP contribution is -2.51. The number of hydrogen-bond acceptors (Lipinski definition) is 3. The zero-order valence-corrected chi connectivity index (χ0v) is 21.2. The monoisotopic (exact) mass is 454 g/mol. The van der Waals surface area contributed by atoms with E-state index in [9.17, 15) is 0 Å². The van der Waals surface area contributed by atoms with E-state index in [1.165, 1.54) is 47.1 Å². The van der Waals surface area contributed by atoms with Crippen molar-refractivity contribution in [2.24, 2.45) is 5.41 Å². The summed E-state index contributed by atoms with van der Waals surface area (Å²) in [4.78, 5) is 6.75. The van der Waals surface area contributed by atoms with Crippen LogP contribution in [0.5, 0.6) is 0 Å². The second-order valence-corrected chi connectivity index (χ2v) is 11.7. The van der Waals surface area contributed by atoms with Crippen LogP contribution in [0.15, 0.2) is 71.1 Å². The van der Waals surface area contributed by atoms with Gasteiger partial charge in [-0.3, -0.25) is 4.98 Å². The standard InChI is InChI=1S/C31H38N2O/c1-5-28(23-7-6-22-13-17-32-20-24(22)9-8-23)29(2)14-12-26-18-25-10-11-27(33(3)4)19-30(25)15-16-31(26,21-29)34-30/h5-8,12-13,17-18,20,27H,9-11,14-16,19,21H2,1-4H3/b28-5-/t27?,29-,30?,31?/m0/s1. The number of fused-ring (bicyclic) bond motifs is 1. The van der Waals surface area contributed by atoms with Crippen molar-refractivity contribution in [2.45, 2.75) is 82.5 Å². The third kappa shape index (κ3) is 3.35. The topological polar surface area (TPSA) is 25.4 Å². The first-order valence-corrected chi connectivity index (χ1v) is 13.1. The van der Waals surface area contributed by atoms with Gasteiger partial charge in [-0.15, -0.1) is 0 Å². The Morgan fingerprint density at radius 3 is 2.85 bits per heavy atom. The van der Waals surface area contributed by atoms with Crippen LogP contribution in [0.1, 0.15) is 69.9 Å². The highest BCUT2D eigenvalue weighted by molar-refractivity contribution is 5.62. The lowest BCUT2D eigenvalue weighted by atomic mass is 9.62. The molecule has 3 unspecified atom stereocenters. The Balaban J connectivity index is 1.32. The van der Waals surface area contributed by atoms with Crippen LogP contribution in [0.25, 0.3) is 6.08 Å². The van der Waals surface area contributed by atoms with Crippen LogP contribution in [0.4, 0.5) is 0 Å². The van der Waals surface area contributed by atoms with Crippen molar-refractivity contribution in [2.75, 3.05) is 14.1 Å². The zero-order valence-electron chi connectivity index (χ0n) is 21.2. The van der Waals surface area contributed by atoms with Crippen LogP contribution >= 0.6 is 0 Å². The van der Waals surface area contributed by atoms with Gasteiger partial charge in [0.25, 0.3) is 0 Å². The average molecular weight is 455 g/mol. The number of aromatic nitrogens is 1. The summed E-state index contributed by atoms with van der Waals surface area (Å²) in [5, 5.41) is 0. The molecule has 4 atom stereocenters. The molecule has 6 rings (SSSR count). The Kier molecular flexibility index (Phi) is 5.17. The van der Waals surface area contributed by atoms with Crippen molar-refractivity contribution >= 4 is 6.08 Å². The summed E-state index contributed by atoms with van der Waals surface area (Å²) in [6, 6.07) is 2.74. The van der Waals surface area contributed by atoms with Gasteiger partial charge in [0.15, 0.2) is 0 Å². The van der Waals surface area contributed by atoms with Gasteiger partial charge in [0.1, 0.15) is 0 Å². The largest absolute Gasteiger partial charge is 0.359 e. The molecule has 3 heterocycles. The fourth-order valence-electron chi connectivity index (χ4n) is 7.60. The lowest BCUT2D eigenvalue weighted by molar-refractivity contribution is -0.108. The summed E-state index contributed by atoms with van der Waals surface area (Å²) >= 11 is 0. The molecular formula is C31H38N2O. The molecule has 2 aliphatic heterocycles. The Labute approximate surface area is 205 Å². The quantitative estimate of drug-likeness (QED) is 0.515. The Morgan fingerprint density at radius 2 is 2.03 bits per heavy atom. The SMILES string of the molecule is C/C=C(/C1=CCc2cnccc2C=C1)[C@@]1(C)CC=C2C=C3CCC(N(C)C)CC34CCC2(C1)O4. The minimum atomic E-state index is -0.124. The summed E-state index contributed by atoms with van der Waals surface area (Å²) in [7, 11) is 4.46. The fraction of sp³-hybridized carbons (Fsp3) is 0.516. The predicted octanol–water partition coefficient (Wildman–Crippen LogP) is 6.59. The molecule has 0 N–H and O–H groups in total. The van der Waals surface area contributed by atoms with Gasteiger partial charge in [0, 0.05) is 18.4 Å². The number of ether oxygens (including phenoxy) is 1. The third-order valence-electron chi connectivity index (χ3n) is 9.43. The van der Waals surface area contributed by atoms with E-state index in [1.54, 1.807) is 5.57 Å². The number of rotatable bonds is 3. The molecule has 0 aromatic carbocycles. The zero-order chi connectivity index (χ0) is 23.6. The molecule has 1 saturated heterocycles. The van der Waals surface area contributed by atoms with Crippen LogP contribution in [0.3, 0.4) is 0 Å². The molecule has 1 aromatic rings. The molecule has 0 amide bonds. The molecule has 3 aliphatic carbocycles. The maximum Gasteiger partial charge on any atom is 0.0950 e. The van der Waals surface area contributed by atoms with Crippen molar-refractivity contribution in [1.82, 2.24) is 9.88 Å². The molecule has 34 heavy (non-hydrogen) atoms. The van der Waals surface area contributed by atoms with Gasteiger partial charge in [-0.05, 0) is 117 Å². The predicted molar refractivity (Wildman–Crippen MR) is 139 cm³/mol. The second-order valence-electron chi connectivity index (χ2n) is 11.7. The van der Waals surface area contributed by atoms with Crippen LogP contribution in [0, 0.1) is 5.41 Å². The summed E-state index contributed by atoms with van der Waals surface area (Å²) in [5.74, 6) is 0.